The third kappa shape index (κ3) is 1.59. The molecule has 1 aliphatic heterocycles. The number of carbonyl (C=O) groups is 1. The van der Waals surface area contributed by atoms with Crippen LogP contribution < -0.4 is 21.6 Å². The van der Waals surface area contributed by atoms with Crippen LogP contribution in [0.4, 0.5) is 0 Å². The fourth-order valence-electron chi connectivity index (χ4n) is 0.443. The summed E-state index contributed by atoms with van der Waals surface area (Å²) in [6, 6.07) is 0. The molecule has 8 heavy (non-hydrogen) atoms. The van der Waals surface area contributed by atoms with Crippen molar-refractivity contribution < 1.29 is 34.6 Å². The van der Waals surface area contributed by atoms with Crippen molar-refractivity contribution in [1.29, 1.82) is 0 Å². The monoisotopic (exact) mass is 229 g/mol. The van der Waals surface area contributed by atoms with Crippen LogP contribution in [0.3, 0.4) is 0 Å². The Bertz CT molecular complexity index is 103. The molecule has 1 aliphatic rings. The number of hydrogen-bond donors (Lipinski definition) is 1. The van der Waals surface area contributed by atoms with E-state index in [4.69, 9.17) is 5.11 Å². The molecule has 1 atom stereocenters. The average Bonchev–Trinajstić information content (AvgIpc) is 1.64. The van der Waals surface area contributed by atoms with E-state index in [0.717, 1.165) is 0 Å². The van der Waals surface area contributed by atoms with E-state index in [0.29, 0.717) is 4.43 Å². The van der Waals surface area contributed by atoms with Gasteiger partial charge in [-0.15, -0.1) is 0 Å². The average molecular weight is 229 g/mol. The molecule has 4 heteroatoms. The summed E-state index contributed by atoms with van der Waals surface area (Å²) in [4.78, 5) is 10.3. The van der Waals surface area contributed by atoms with E-state index in [1.165, 1.54) is 0 Å². The van der Waals surface area contributed by atoms with Crippen LogP contribution in [0.2, 0.25) is 0 Å². The summed E-state index contributed by atoms with van der Waals surface area (Å²) in [6.07, 6.45) is -0.219. The molecule has 0 bridgehead atoms. The maximum absolute atomic E-state index is 10.3. The topological polar surface area (TPSA) is 46.5 Å². The first kappa shape index (κ1) is 6.28. The molecule has 0 unspecified atom stereocenters. The minimum atomic E-state index is -0.465. The van der Waals surface area contributed by atoms with E-state index < -0.39 is 27.7 Å². The quantitative estimate of drug-likeness (QED) is 0.343. The van der Waals surface area contributed by atoms with Gasteiger partial charge in [0.25, 0.3) is 0 Å². The van der Waals surface area contributed by atoms with Gasteiger partial charge in [-0.3, -0.25) is 0 Å². The Morgan fingerprint density at radius 3 is 3.00 bits per heavy atom. The van der Waals surface area contributed by atoms with Gasteiger partial charge >= 0.3 is 57.5 Å². The molecule has 0 amide bonds. The molecule has 1 heterocycles. The fourth-order valence-corrected chi connectivity index (χ4v) is 1.88. The van der Waals surface area contributed by atoms with Crippen molar-refractivity contribution in [1.82, 2.24) is 0 Å². The number of rotatable bonds is 0. The normalized spacial score (nSPS) is 30.6. The first-order chi connectivity index (χ1) is 3.79. The standard InChI is InChI=1S/C4H6IO3/c6-3-1-4(7)8-5-2-3/h3,6H,1-2H2/q-1/t3-/m0/s1. The summed E-state index contributed by atoms with van der Waals surface area (Å²) in [6.45, 7) is 0. The number of aliphatic hydroxyl groups excluding tert-OH is 1. The molecule has 1 fully saturated rings. The second kappa shape index (κ2) is 2.63. The molecule has 1 rings (SSSR count). The van der Waals surface area contributed by atoms with Gasteiger partial charge in [-0.1, -0.05) is 0 Å². The van der Waals surface area contributed by atoms with Gasteiger partial charge in [0, 0.05) is 0 Å². The number of halogens is 1. The SMILES string of the molecule is O=C1C[C@H](O)C[I-]O1. The summed E-state index contributed by atoms with van der Waals surface area (Å²) in [5.41, 5.74) is 0. The first-order valence-corrected chi connectivity index (χ1v) is 4.66. The second-order valence-electron chi connectivity index (χ2n) is 1.57. The van der Waals surface area contributed by atoms with Crippen molar-refractivity contribution >= 4 is 5.97 Å². The molecule has 0 saturated carbocycles. The molecule has 3 nitrogen and oxygen atoms in total. The van der Waals surface area contributed by atoms with Crippen molar-refractivity contribution in [2.24, 2.45) is 0 Å². The minimum absolute atomic E-state index is 0.194. The van der Waals surface area contributed by atoms with E-state index in [-0.39, 0.29) is 12.4 Å². The zero-order valence-corrected chi connectivity index (χ0v) is 6.29. The maximum atomic E-state index is 10.3. The molecule has 1 saturated heterocycles. The van der Waals surface area contributed by atoms with Crippen LogP contribution in [-0.2, 0) is 7.86 Å². The molecule has 0 spiro atoms. The van der Waals surface area contributed by atoms with E-state index in [1.807, 2.05) is 0 Å². The Morgan fingerprint density at radius 1 is 1.88 bits per heavy atom. The number of alkyl halides is 1. The molecule has 0 aromatic rings. The third-order valence-electron chi connectivity index (χ3n) is 0.784. The van der Waals surface area contributed by atoms with Crippen molar-refractivity contribution in [3.63, 3.8) is 0 Å². The zero-order chi connectivity index (χ0) is 5.98. The van der Waals surface area contributed by atoms with E-state index >= 15 is 0 Å². The van der Waals surface area contributed by atoms with Gasteiger partial charge in [0.2, 0.25) is 0 Å². The third-order valence-corrected chi connectivity index (χ3v) is 2.96. The number of carbonyl (C=O) groups excluding carboxylic acids is 1. The van der Waals surface area contributed by atoms with Crippen LogP contribution in [-0.4, -0.2) is 21.6 Å². The molecule has 48 valence electrons. The predicted octanol–water partition coefficient (Wildman–Crippen LogP) is -3.70. The Labute approximate surface area is 57.8 Å². The number of hydrogen-bond acceptors (Lipinski definition) is 3. The van der Waals surface area contributed by atoms with Crippen LogP contribution >= 0.6 is 0 Å². The Morgan fingerprint density at radius 2 is 2.62 bits per heavy atom. The Balaban J connectivity index is 2.34. The molecule has 1 N–H and O–H groups in total. The van der Waals surface area contributed by atoms with Crippen LogP contribution in [0.15, 0.2) is 0 Å². The van der Waals surface area contributed by atoms with E-state index in [1.54, 1.807) is 0 Å². The molecule has 0 aliphatic carbocycles. The van der Waals surface area contributed by atoms with Gasteiger partial charge in [-0.2, -0.15) is 0 Å². The van der Waals surface area contributed by atoms with Crippen LogP contribution in [0, 0.1) is 0 Å². The van der Waals surface area contributed by atoms with Gasteiger partial charge in [0.05, 0.1) is 0 Å². The summed E-state index contributed by atoms with van der Waals surface area (Å²) >= 11 is -0.465. The predicted molar refractivity (Wildman–Crippen MR) is 21.6 cm³/mol. The second-order valence-corrected chi connectivity index (χ2v) is 3.51. The van der Waals surface area contributed by atoms with Gasteiger partial charge in [0.1, 0.15) is 0 Å². The van der Waals surface area contributed by atoms with Gasteiger partial charge in [0.15, 0.2) is 0 Å². The van der Waals surface area contributed by atoms with Crippen LogP contribution in [0.5, 0.6) is 0 Å². The van der Waals surface area contributed by atoms with Gasteiger partial charge in [-0.25, -0.2) is 0 Å². The molecule has 0 aromatic heterocycles. The summed E-state index contributed by atoms with van der Waals surface area (Å²) in [5.74, 6) is -0.239. The molecular weight excluding hydrogens is 223 g/mol. The molecular formula is C4H6IO3-. The van der Waals surface area contributed by atoms with Crippen LogP contribution in [0.25, 0.3) is 0 Å². The Kier molecular flexibility index (Phi) is 2.07. The summed E-state index contributed by atoms with van der Waals surface area (Å²) in [5, 5.41) is 8.81. The zero-order valence-electron chi connectivity index (χ0n) is 4.13. The molecule has 0 radical (unpaired) electrons. The van der Waals surface area contributed by atoms with Crippen molar-refractivity contribution in [2.75, 3.05) is 4.43 Å². The molecule has 0 aromatic carbocycles. The first-order valence-electron chi connectivity index (χ1n) is 2.26. The van der Waals surface area contributed by atoms with Crippen molar-refractivity contribution in [3.05, 3.63) is 0 Å². The van der Waals surface area contributed by atoms with Crippen LogP contribution in [0.1, 0.15) is 6.42 Å². The number of aliphatic hydroxyl groups is 1. The Hall–Kier alpha value is 0.160. The van der Waals surface area contributed by atoms with Gasteiger partial charge in [-0.05, 0) is 0 Å². The van der Waals surface area contributed by atoms with Crippen molar-refractivity contribution in [2.45, 2.75) is 12.5 Å². The van der Waals surface area contributed by atoms with Crippen molar-refractivity contribution in [3.8, 4) is 0 Å². The van der Waals surface area contributed by atoms with E-state index in [9.17, 15) is 4.79 Å². The van der Waals surface area contributed by atoms with Gasteiger partial charge < -0.3 is 0 Å². The summed E-state index contributed by atoms with van der Waals surface area (Å²) in [7, 11) is 0. The van der Waals surface area contributed by atoms with E-state index in [2.05, 4.69) is 3.07 Å². The summed E-state index contributed by atoms with van der Waals surface area (Å²) < 4.78 is 5.36. The fraction of sp³-hybridized carbons (Fsp3) is 0.750.